The number of rotatable bonds is 0. The van der Waals surface area contributed by atoms with Crippen molar-refractivity contribution in [2.75, 3.05) is 32.9 Å². The summed E-state index contributed by atoms with van der Waals surface area (Å²) in [5.74, 6) is 1.68. The molecule has 5 heterocycles. The van der Waals surface area contributed by atoms with Gasteiger partial charge in [-0.15, -0.1) is 4.58 Å². The van der Waals surface area contributed by atoms with Gasteiger partial charge in [0, 0.05) is 37.1 Å². The van der Waals surface area contributed by atoms with Crippen LogP contribution in [-0.2, 0) is 19.1 Å². The molecule has 8 heteroatoms. The van der Waals surface area contributed by atoms with E-state index in [0.717, 1.165) is 50.6 Å². The molecule has 1 fully saturated rings. The minimum absolute atomic E-state index is 0.0299. The molecule has 0 radical (unpaired) electrons. The van der Waals surface area contributed by atoms with Crippen molar-refractivity contribution in [3.05, 3.63) is 23.9 Å². The van der Waals surface area contributed by atoms with Gasteiger partial charge in [0.05, 0.1) is 13.2 Å². The van der Waals surface area contributed by atoms with Crippen molar-refractivity contribution in [3.8, 4) is 5.88 Å². The number of aromatic nitrogens is 1. The lowest BCUT2D eigenvalue weighted by atomic mass is 9.85. The minimum Gasteiger partial charge on any atom is -0.478 e. The fourth-order valence-corrected chi connectivity index (χ4v) is 5.25. The van der Waals surface area contributed by atoms with Crippen molar-refractivity contribution in [2.45, 2.75) is 69.4 Å². The molecule has 1 aromatic heterocycles. The number of hydrogen-bond acceptors (Lipinski definition) is 6. The average molecular weight is 443 g/mol. The van der Waals surface area contributed by atoms with E-state index in [2.05, 4.69) is 6.07 Å². The van der Waals surface area contributed by atoms with Crippen LogP contribution < -0.4 is 4.74 Å². The highest BCUT2D eigenvalue weighted by Gasteiger charge is 2.44. The molecule has 1 aromatic rings. The maximum atomic E-state index is 13.2. The Labute approximate surface area is 188 Å². The standard InChI is InChI=1S/C24H32N3O5/c28-22-7-1-2-14-31-21-6-3-5-19(25-21)17-8-10-18(11-9-17)32-24-20-15-30-16-23(29)27(24)13-4-12-26(20)22/h3,5-6,17-18,20H,1-2,4,7-16H2/q+1/t17-,18+,20-/m0/s1. The quantitative estimate of drug-likeness (QED) is 0.574. The third-order valence-corrected chi connectivity index (χ3v) is 6.99. The summed E-state index contributed by atoms with van der Waals surface area (Å²) in [6.07, 6.45) is 6.50. The van der Waals surface area contributed by atoms with Gasteiger partial charge in [-0.1, -0.05) is 6.07 Å². The Balaban J connectivity index is 1.44. The molecule has 1 aliphatic carbocycles. The molecular weight excluding hydrogens is 410 g/mol. The maximum absolute atomic E-state index is 13.2. The van der Waals surface area contributed by atoms with Crippen molar-refractivity contribution >= 4 is 17.7 Å². The van der Waals surface area contributed by atoms with Crippen LogP contribution >= 0.6 is 0 Å². The topological polar surface area (TPSA) is 81.0 Å². The molecule has 0 aromatic carbocycles. The van der Waals surface area contributed by atoms with Crippen molar-refractivity contribution in [1.29, 1.82) is 0 Å². The Bertz CT molecular complexity index is 893. The van der Waals surface area contributed by atoms with Crippen molar-refractivity contribution in [3.63, 3.8) is 0 Å². The van der Waals surface area contributed by atoms with Crippen LogP contribution in [0.1, 0.15) is 63.0 Å². The number of carbonyl (C=O) groups excluding carboxylic acids is 2. The highest BCUT2D eigenvalue weighted by Crippen LogP contribution is 2.34. The van der Waals surface area contributed by atoms with Gasteiger partial charge < -0.3 is 19.1 Å². The Morgan fingerprint density at radius 3 is 2.81 bits per heavy atom. The van der Waals surface area contributed by atoms with Gasteiger partial charge in [0.25, 0.3) is 0 Å². The van der Waals surface area contributed by atoms with E-state index in [1.807, 2.05) is 17.0 Å². The fraction of sp³-hybridized carbons (Fsp3) is 0.667. The van der Waals surface area contributed by atoms with E-state index < -0.39 is 0 Å². The van der Waals surface area contributed by atoms with Crippen LogP contribution in [0.2, 0.25) is 0 Å². The van der Waals surface area contributed by atoms with Gasteiger partial charge in [0.2, 0.25) is 11.8 Å². The summed E-state index contributed by atoms with van der Waals surface area (Å²) in [5, 5.41) is 0. The van der Waals surface area contributed by atoms with E-state index in [0.29, 0.717) is 50.4 Å². The van der Waals surface area contributed by atoms with E-state index >= 15 is 0 Å². The van der Waals surface area contributed by atoms with Crippen molar-refractivity contribution < 1.29 is 28.4 Å². The molecule has 0 spiro atoms. The van der Waals surface area contributed by atoms with Gasteiger partial charge in [-0.3, -0.25) is 4.79 Å². The lowest BCUT2D eigenvalue weighted by Crippen LogP contribution is -2.50. The monoisotopic (exact) mass is 442 g/mol. The second kappa shape index (κ2) is 9.57. The minimum atomic E-state index is -0.335. The third-order valence-electron chi connectivity index (χ3n) is 6.99. The Kier molecular flexibility index (Phi) is 6.39. The summed E-state index contributed by atoms with van der Waals surface area (Å²) < 4.78 is 19.8. The van der Waals surface area contributed by atoms with Gasteiger partial charge >= 0.3 is 11.8 Å². The first-order valence-electron chi connectivity index (χ1n) is 12.0. The second-order valence-electron chi connectivity index (χ2n) is 9.15. The zero-order valence-corrected chi connectivity index (χ0v) is 18.5. The van der Waals surface area contributed by atoms with Crippen LogP contribution in [0.5, 0.6) is 5.88 Å². The molecule has 0 saturated heterocycles. The number of hydrogen-bond donors (Lipinski definition) is 0. The summed E-state index contributed by atoms with van der Waals surface area (Å²) >= 11 is 0. The predicted molar refractivity (Wildman–Crippen MR) is 116 cm³/mol. The highest BCUT2D eigenvalue weighted by atomic mass is 16.5. The summed E-state index contributed by atoms with van der Waals surface area (Å²) in [7, 11) is 0. The van der Waals surface area contributed by atoms with E-state index in [4.69, 9.17) is 19.2 Å². The van der Waals surface area contributed by atoms with E-state index in [-0.39, 0.29) is 30.6 Å². The summed E-state index contributed by atoms with van der Waals surface area (Å²) in [4.78, 5) is 32.5. The van der Waals surface area contributed by atoms with E-state index in [1.54, 1.807) is 4.58 Å². The van der Waals surface area contributed by atoms with Crippen LogP contribution in [-0.4, -0.2) is 77.2 Å². The maximum Gasteiger partial charge on any atom is 0.415 e. The molecule has 4 aliphatic heterocycles. The SMILES string of the molecule is O=C1CCCCOc2cccc(n2)[C@H]2CC[C@H](CC2)OC2=[N+]3CCCN1[C@H]2COCC3=O. The predicted octanol–water partition coefficient (Wildman–Crippen LogP) is 2.26. The molecule has 1 atom stereocenters. The number of amides is 2. The van der Waals surface area contributed by atoms with Gasteiger partial charge in [0.15, 0.2) is 19.2 Å². The zero-order chi connectivity index (χ0) is 21.9. The van der Waals surface area contributed by atoms with E-state index in [1.165, 1.54) is 0 Å². The molecule has 8 bridgehead atoms. The number of pyridine rings is 1. The first-order chi connectivity index (χ1) is 15.7. The highest BCUT2D eigenvalue weighted by molar-refractivity contribution is 5.89. The largest absolute Gasteiger partial charge is 0.478 e. The molecular formula is C24H32N3O5+. The Morgan fingerprint density at radius 2 is 1.94 bits per heavy atom. The fourth-order valence-electron chi connectivity index (χ4n) is 5.25. The van der Waals surface area contributed by atoms with Gasteiger partial charge in [-0.2, -0.15) is 0 Å². The van der Waals surface area contributed by atoms with Crippen molar-refractivity contribution in [2.24, 2.45) is 0 Å². The van der Waals surface area contributed by atoms with E-state index in [9.17, 15) is 9.59 Å². The van der Waals surface area contributed by atoms with Gasteiger partial charge in [0.1, 0.15) is 6.10 Å². The number of nitrogens with zero attached hydrogens (tertiary/aromatic N) is 3. The first kappa shape index (κ1) is 21.4. The molecule has 1 saturated carbocycles. The third kappa shape index (κ3) is 4.51. The van der Waals surface area contributed by atoms with Crippen LogP contribution in [0, 0.1) is 0 Å². The lowest BCUT2D eigenvalue weighted by molar-refractivity contribution is -0.459. The molecule has 2 amide bonds. The van der Waals surface area contributed by atoms with Crippen LogP contribution in [0.15, 0.2) is 18.2 Å². The van der Waals surface area contributed by atoms with Crippen molar-refractivity contribution in [1.82, 2.24) is 9.88 Å². The summed E-state index contributed by atoms with van der Waals surface area (Å²) in [6.45, 7) is 2.07. The molecule has 172 valence electrons. The smallest absolute Gasteiger partial charge is 0.415 e. The number of carbonyl (C=O) groups is 2. The van der Waals surface area contributed by atoms with Crippen LogP contribution in [0.4, 0.5) is 0 Å². The van der Waals surface area contributed by atoms with Gasteiger partial charge in [-0.25, -0.2) is 9.78 Å². The normalized spacial score (nSPS) is 29.5. The van der Waals surface area contributed by atoms with Gasteiger partial charge in [-0.05, 0) is 44.6 Å². The Morgan fingerprint density at radius 1 is 1.06 bits per heavy atom. The second-order valence-corrected chi connectivity index (χ2v) is 9.15. The summed E-state index contributed by atoms with van der Waals surface area (Å²) in [6, 6.07) is 5.66. The van der Waals surface area contributed by atoms with Crippen LogP contribution in [0.25, 0.3) is 0 Å². The van der Waals surface area contributed by atoms with Crippen LogP contribution in [0.3, 0.4) is 0 Å². The Hall–Kier alpha value is -2.48. The average Bonchev–Trinajstić information content (AvgIpc) is 3.07. The lowest BCUT2D eigenvalue weighted by Gasteiger charge is -2.31. The molecule has 32 heavy (non-hydrogen) atoms. The molecule has 0 N–H and O–H groups in total. The number of ether oxygens (including phenoxy) is 3. The summed E-state index contributed by atoms with van der Waals surface area (Å²) in [5.41, 5.74) is 1.08. The molecule has 0 unspecified atom stereocenters. The zero-order valence-electron chi connectivity index (χ0n) is 18.5. The number of fused-ring (bicyclic) bond motifs is 7. The molecule has 6 rings (SSSR count). The first-order valence-corrected chi connectivity index (χ1v) is 12.0. The molecule has 8 nitrogen and oxygen atoms in total. The molecule has 5 aliphatic rings.